The molecule has 2 N–H and O–H groups in total. The summed E-state index contributed by atoms with van der Waals surface area (Å²) in [6, 6.07) is 0. The monoisotopic (exact) mass is 190 g/mol. The first kappa shape index (κ1) is 9.70. The molecule has 5 heteroatoms. The van der Waals surface area contributed by atoms with E-state index in [1.165, 1.54) is 4.31 Å². The molecule has 1 aliphatic heterocycles. The molecule has 0 aromatic rings. The van der Waals surface area contributed by atoms with Crippen molar-refractivity contribution >= 4 is 10.2 Å². The van der Waals surface area contributed by atoms with E-state index in [1.807, 2.05) is 13.8 Å². The zero-order valence-electron chi connectivity index (χ0n) is 7.32. The maximum atomic E-state index is 11.0. The van der Waals surface area contributed by atoms with Crippen molar-refractivity contribution in [2.24, 2.45) is 11.1 Å². The van der Waals surface area contributed by atoms with Gasteiger partial charge in [-0.05, 0) is 12.8 Å². The van der Waals surface area contributed by atoms with Gasteiger partial charge in [0.1, 0.15) is 0 Å². The van der Waals surface area contributed by atoms with Gasteiger partial charge in [-0.2, -0.15) is 12.7 Å². The van der Waals surface area contributed by atoms with E-state index in [0.717, 1.165) is 5.57 Å². The third kappa shape index (κ3) is 2.30. The molecule has 0 saturated heterocycles. The molecule has 0 radical (unpaired) electrons. The van der Waals surface area contributed by atoms with Crippen LogP contribution in [-0.2, 0) is 10.2 Å². The molecule has 0 aromatic carbocycles. The summed E-state index contributed by atoms with van der Waals surface area (Å²) >= 11 is 0. The highest BCUT2D eigenvalue weighted by Gasteiger charge is 2.22. The van der Waals surface area contributed by atoms with Crippen LogP contribution in [0.3, 0.4) is 0 Å². The van der Waals surface area contributed by atoms with Crippen molar-refractivity contribution < 1.29 is 8.42 Å². The van der Waals surface area contributed by atoms with Gasteiger partial charge in [-0.3, -0.25) is 0 Å². The zero-order valence-corrected chi connectivity index (χ0v) is 8.13. The van der Waals surface area contributed by atoms with Gasteiger partial charge in [0.05, 0.1) is 0 Å². The SMILES string of the molecule is CC1=CC(C)CN(S(N)(=O)=O)C1. The lowest BCUT2D eigenvalue weighted by atomic mass is 10.1. The molecule has 1 rings (SSSR count). The largest absolute Gasteiger partial charge is 0.277 e. The van der Waals surface area contributed by atoms with Crippen LogP contribution in [0.4, 0.5) is 0 Å². The minimum atomic E-state index is -3.50. The zero-order chi connectivity index (χ0) is 9.35. The fraction of sp³-hybridized carbons (Fsp3) is 0.714. The van der Waals surface area contributed by atoms with Crippen LogP contribution in [0.25, 0.3) is 0 Å². The maximum absolute atomic E-state index is 11.0. The Morgan fingerprint density at radius 3 is 2.67 bits per heavy atom. The average Bonchev–Trinajstić information content (AvgIpc) is 1.82. The molecule has 70 valence electrons. The van der Waals surface area contributed by atoms with E-state index in [1.54, 1.807) is 0 Å². The molecule has 0 fully saturated rings. The maximum Gasteiger partial charge on any atom is 0.277 e. The van der Waals surface area contributed by atoms with E-state index in [9.17, 15) is 8.42 Å². The third-order valence-electron chi connectivity index (χ3n) is 1.85. The van der Waals surface area contributed by atoms with E-state index in [0.29, 0.717) is 13.1 Å². The lowest BCUT2D eigenvalue weighted by Crippen LogP contribution is -2.42. The van der Waals surface area contributed by atoms with Gasteiger partial charge in [0, 0.05) is 13.1 Å². The van der Waals surface area contributed by atoms with Gasteiger partial charge < -0.3 is 0 Å². The summed E-state index contributed by atoms with van der Waals surface area (Å²) in [7, 11) is -3.50. The van der Waals surface area contributed by atoms with E-state index >= 15 is 0 Å². The van der Waals surface area contributed by atoms with Crippen molar-refractivity contribution in [3.63, 3.8) is 0 Å². The molecular weight excluding hydrogens is 176 g/mol. The second-order valence-corrected chi connectivity index (χ2v) is 4.87. The summed E-state index contributed by atoms with van der Waals surface area (Å²) in [5.74, 6) is 0.261. The molecule has 0 amide bonds. The Hall–Kier alpha value is -0.390. The van der Waals surface area contributed by atoms with E-state index in [-0.39, 0.29) is 5.92 Å². The Morgan fingerprint density at radius 2 is 2.25 bits per heavy atom. The van der Waals surface area contributed by atoms with E-state index in [4.69, 9.17) is 5.14 Å². The van der Waals surface area contributed by atoms with Crippen LogP contribution in [0.2, 0.25) is 0 Å². The standard InChI is InChI=1S/C7H14N2O2S/c1-6-3-7(2)5-9(4-6)12(8,10)11/h3,6H,4-5H2,1-2H3,(H2,8,10,11). The number of hydrogen-bond acceptors (Lipinski definition) is 2. The molecule has 0 aromatic heterocycles. The molecule has 0 bridgehead atoms. The summed E-state index contributed by atoms with van der Waals surface area (Å²) in [6.07, 6.45) is 2.07. The van der Waals surface area contributed by atoms with E-state index < -0.39 is 10.2 Å². The van der Waals surface area contributed by atoms with Gasteiger partial charge in [-0.15, -0.1) is 0 Å². The molecule has 1 heterocycles. The van der Waals surface area contributed by atoms with Crippen molar-refractivity contribution in [1.29, 1.82) is 0 Å². The Kier molecular flexibility index (Phi) is 2.55. The van der Waals surface area contributed by atoms with Gasteiger partial charge in [-0.25, -0.2) is 5.14 Å². The van der Waals surface area contributed by atoms with Crippen LogP contribution >= 0.6 is 0 Å². The van der Waals surface area contributed by atoms with Crippen molar-refractivity contribution in [1.82, 2.24) is 4.31 Å². The Bertz CT molecular complexity index is 295. The molecule has 1 atom stereocenters. The summed E-state index contributed by atoms with van der Waals surface area (Å²) in [5, 5.41) is 5.01. The van der Waals surface area contributed by atoms with Crippen LogP contribution in [0.1, 0.15) is 13.8 Å². The molecule has 0 saturated carbocycles. The molecular formula is C7H14N2O2S. The summed E-state index contributed by atoms with van der Waals surface area (Å²) in [4.78, 5) is 0. The average molecular weight is 190 g/mol. The van der Waals surface area contributed by atoms with E-state index in [2.05, 4.69) is 6.08 Å². The van der Waals surface area contributed by atoms with Crippen LogP contribution in [0.5, 0.6) is 0 Å². The van der Waals surface area contributed by atoms with Crippen LogP contribution < -0.4 is 5.14 Å². The van der Waals surface area contributed by atoms with Crippen molar-refractivity contribution in [3.8, 4) is 0 Å². The fourth-order valence-corrected chi connectivity index (χ4v) is 2.28. The smallest absolute Gasteiger partial charge is 0.216 e. The predicted molar refractivity (Wildman–Crippen MR) is 47.6 cm³/mol. The molecule has 0 aliphatic carbocycles. The molecule has 12 heavy (non-hydrogen) atoms. The summed E-state index contributed by atoms with van der Waals surface area (Å²) in [6.45, 7) is 4.81. The number of rotatable bonds is 1. The molecule has 1 unspecified atom stereocenters. The fourth-order valence-electron chi connectivity index (χ4n) is 1.45. The van der Waals surface area contributed by atoms with Crippen molar-refractivity contribution in [3.05, 3.63) is 11.6 Å². The predicted octanol–water partition coefficient (Wildman–Crippen LogP) is 0.0879. The van der Waals surface area contributed by atoms with Crippen molar-refractivity contribution in [2.75, 3.05) is 13.1 Å². The van der Waals surface area contributed by atoms with Gasteiger partial charge in [0.15, 0.2) is 0 Å². The third-order valence-corrected chi connectivity index (χ3v) is 2.84. The van der Waals surface area contributed by atoms with Crippen molar-refractivity contribution in [2.45, 2.75) is 13.8 Å². The first-order chi connectivity index (χ1) is 5.39. The number of nitrogens with two attached hydrogens (primary N) is 1. The van der Waals surface area contributed by atoms with Gasteiger partial charge >= 0.3 is 0 Å². The van der Waals surface area contributed by atoms with Crippen LogP contribution in [-0.4, -0.2) is 25.8 Å². The minimum Gasteiger partial charge on any atom is -0.216 e. The van der Waals surface area contributed by atoms with Gasteiger partial charge in [0.2, 0.25) is 0 Å². The second kappa shape index (κ2) is 3.16. The lowest BCUT2D eigenvalue weighted by molar-refractivity contribution is 0.385. The van der Waals surface area contributed by atoms with Crippen LogP contribution in [0, 0.1) is 5.92 Å². The highest BCUT2D eigenvalue weighted by atomic mass is 32.2. The quantitative estimate of drug-likeness (QED) is 0.595. The first-order valence-electron chi connectivity index (χ1n) is 3.85. The first-order valence-corrected chi connectivity index (χ1v) is 5.35. The van der Waals surface area contributed by atoms with Gasteiger partial charge in [0.25, 0.3) is 10.2 Å². The topological polar surface area (TPSA) is 63.4 Å². The van der Waals surface area contributed by atoms with Crippen LogP contribution in [0.15, 0.2) is 11.6 Å². The molecule has 0 spiro atoms. The highest BCUT2D eigenvalue weighted by molar-refractivity contribution is 7.86. The molecule has 1 aliphatic rings. The second-order valence-electron chi connectivity index (χ2n) is 3.33. The molecule has 4 nitrogen and oxygen atoms in total. The normalized spacial score (nSPS) is 26.9. The Labute approximate surface area is 73.2 Å². The summed E-state index contributed by atoms with van der Waals surface area (Å²) in [5.41, 5.74) is 1.06. The number of nitrogens with zero attached hydrogens (tertiary/aromatic N) is 1. The highest BCUT2D eigenvalue weighted by Crippen LogP contribution is 2.15. The number of hydrogen-bond donors (Lipinski definition) is 1. The Balaban J connectivity index is 2.82. The Morgan fingerprint density at radius 1 is 1.67 bits per heavy atom. The van der Waals surface area contributed by atoms with Gasteiger partial charge in [-0.1, -0.05) is 18.6 Å². The minimum absolute atomic E-state index is 0.261. The lowest BCUT2D eigenvalue weighted by Gasteiger charge is -2.26. The summed E-state index contributed by atoms with van der Waals surface area (Å²) < 4.78 is 23.2.